The molecule has 0 saturated heterocycles. The van der Waals surface area contributed by atoms with Crippen molar-refractivity contribution in [3.63, 3.8) is 0 Å². The fourth-order valence-electron chi connectivity index (χ4n) is 2.34. The van der Waals surface area contributed by atoms with Crippen LogP contribution >= 0.6 is 0 Å². The largest absolute Gasteiger partial charge is 0.354 e. The van der Waals surface area contributed by atoms with Crippen molar-refractivity contribution in [3.8, 4) is 12.3 Å². The minimum absolute atomic E-state index is 0.115. The van der Waals surface area contributed by atoms with E-state index in [9.17, 15) is 4.79 Å². The van der Waals surface area contributed by atoms with Crippen molar-refractivity contribution in [1.29, 1.82) is 0 Å². The number of hydrogen-bond acceptors (Lipinski definition) is 2. The Bertz CT molecular complexity index is 270. The molecule has 3 unspecified atom stereocenters. The summed E-state index contributed by atoms with van der Waals surface area (Å²) in [6, 6.07) is -0.550. The standard InChI is InChI=1S/C13H22N2O/c1-3-5-12(14)13(16)15-9-11-7-4-6-10(2)8-11/h1,10-12H,4-9,14H2,2H3,(H,15,16). The molecule has 0 aromatic heterocycles. The number of amides is 1. The molecule has 90 valence electrons. The van der Waals surface area contributed by atoms with Gasteiger partial charge in [-0.1, -0.05) is 19.8 Å². The number of carbonyl (C=O) groups excluding carboxylic acids is 1. The first-order chi connectivity index (χ1) is 7.63. The fraction of sp³-hybridized carbons (Fsp3) is 0.769. The van der Waals surface area contributed by atoms with E-state index in [1.165, 1.54) is 25.7 Å². The van der Waals surface area contributed by atoms with Crippen molar-refractivity contribution in [2.45, 2.75) is 45.1 Å². The summed E-state index contributed by atoms with van der Waals surface area (Å²) in [5.74, 6) is 3.70. The molecule has 3 N–H and O–H groups in total. The smallest absolute Gasteiger partial charge is 0.237 e. The maximum Gasteiger partial charge on any atom is 0.237 e. The maximum atomic E-state index is 11.5. The monoisotopic (exact) mass is 222 g/mol. The molecule has 1 fully saturated rings. The highest BCUT2D eigenvalue weighted by molar-refractivity contribution is 5.81. The van der Waals surface area contributed by atoms with Gasteiger partial charge in [0.2, 0.25) is 5.91 Å². The molecule has 1 aliphatic rings. The van der Waals surface area contributed by atoms with Crippen molar-refractivity contribution in [2.24, 2.45) is 17.6 Å². The number of hydrogen-bond donors (Lipinski definition) is 2. The van der Waals surface area contributed by atoms with Crippen molar-refractivity contribution < 1.29 is 4.79 Å². The number of carbonyl (C=O) groups is 1. The van der Waals surface area contributed by atoms with Crippen LogP contribution < -0.4 is 11.1 Å². The lowest BCUT2D eigenvalue weighted by atomic mass is 9.82. The van der Waals surface area contributed by atoms with E-state index in [1.807, 2.05) is 0 Å². The van der Waals surface area contributed by atoms with E-state index in [4.69, 9.17) is 12.2 Å². The zero-order valence-corrected chi connectivity index (χ0v) is 10.0. The predicted octanol–water partition coefficient (Wildman–Crippen LogP) is 1.28. The zero-order chi connectivity index (χ0) is 12.0. The summed E-state index contributed by atoms with van der Waals surface area (Å²) in [5.41, 5.74) is 5.62. The third kappa shape index (κ3) is 4.24. The topological polar surface area (TPSA) is 55.1 Å². The van der Waals surface area contributed by atoms with Gasteiger partial charge in [0.15, 0.2) is 0 Å². The Balaban J connectivity index is 2.23. The highest BCUT2D eigenvalue weighted by Gasteiger charge is 2.20. The minimum atomic E-state index is -0.550. The molecular formula is C13H22N2O. The fourth-order valence-corrected chi connectivity index (χ4v) is 2.34. The first-order valence-corrected chi connectivity index (χ1v) is 6.10. The normalized spacial score (nSPS) is 26.8. The Kier molecular flexibility index (Phi) is 5.34. The second-order valence-corrected chi connectivity index (χ2v) is 4.90. The highest BCUT2D eigenvalue weighted by Crippen LogP contribution is 2.27. The number of terminal acetylenes is 1. The van der Waals surface area contributed by atoms with Gasteiger partial charge in [-0.15, -0.1) is 12.3 Å². The number of nitrogens with two attached hydrogens (primary N) is 1. The second kappa shape index (κ2) is 6.55. The van der Waals surface area contributed by atoms with E-state index in [-0.39, 0.29) is 5.91 Å². The molecule has 0 heterocycles. The van der Waals surface area contributed by atoms with Gasteiger partial charge >= 0.3 is 0 Å². The molecule has 0 bridgehead atoms. The average molecular weight is 222 g/mol. The molecule has 0 aromatic rings. The van der Waals surface area contributed by atoms with Crippen LogP contribution in [0.2, 0.25) is 0 Å². The average Bonchev–Trinajstić information content (AvgIpc) is 2.26. The van der Waals surface area contributed by atoms with Gasteiger partial charge in [-0.3, -0.25) is 4.79 Å². The Morgan fingerprint density at radius 1 is 1.62 bits per heavy atom. The lowest BCUT2D eigenvalue weighted by Crippen LogP contribution is -2.42. The van der Waals surface area contributed by atoms with E-state index in [0.717, 1.165) is 12.5 Å². The van der Waals surface area contributed by atoms with Gasteiger partial charge in [-0.25, -0.2) is 0 Å². The summed E-state index contributed by atoms with van der Waals surface area (Å²) in [7, 11) is 0. The second-order valence-electron chi connectivity index (χ2n) is 4.90. The lowest BCUT2D eigenvalue weighted by Gasteiger charge is -2.27. The van der Waals surface area contributed by atoms with Crippen LogP contribution in [-0.2, 0) is 4.79 Å². The first kappa shape index (κ1) is 13.1. The van der Waals surface area contributed by atoms with Crippen LogP contribution in [0.5, 0.6) is 0 Å². The van der Waals surface area contributed by atoms with E-state index in [1.54, 1.807) is 0 Å². The van der Waals surface area contributed by atoms with Gasteiger partial charge in [-0.05, 0) is 24.7 Å². The maximum absolute atomic E-state index is 11.5. The van der Waals surface area contributed by atoms with Crippen LogP contribution in [0.25, 0.3) is 0 Å². The Morgan fingerprint density at radius 2 is 2.38 bits per heavy atom. The third-order valence-corrected chi connectivity index (χ3v) is 3.28. The van der Waals surface area contributed by atoms with Crippen molar-refractivity contribution >= 4 is 5.91 Å². The quantitative estimate of drug-likeness (QED) is 0.704. The van der Waals surface area contributed by atoms with Crippen molar-refractivity contribution in [1.82, 2.24) is 5.32 Å². The molecule has 16 heavy (non-hydrogen) atoms. The first-order valence-electron chi connectivity index (χ1n) is 6.10. The molecule has 0 aromatic carbocycles. The van der Waals surface area contributed by atoms with Crippen LogP contribution in [0.3, 0.4) is 0 Å². The molecule has 0 aliphatic heterocycles. The van der Waals surface area contributed by atoms with Gasteiger partial charge in [-0.2, -0.15) is 0 Å². The van der Waals surface area contributed by atoms with E-state index >= 15 is 0 Å². The van der Waals surface area contributed by atoms with Gasteiger partial charge < -0.3 is 11.1 Å². The lowest BCUT2D eigenvalue weighted by molar-refractivity contribution is -0.122. The van der Waals surface area contributed by atoms with Crippen molar-refractivity contribution in [3.05, 3.63) is 0 Å². The summed E-state index contributed by atoms with van der Waals surface area (Å²) in [6.07, 6.45) is 10.5. The molecule has 0 spiro atoms. The third-order valence-electron chi connectivity index (χ3n) is 3.28. The molecule has 3 nitrogen and oxygen atoms in total. The van der Waals surface area contributed by atoms with Gasteiger partial charge in [0.25, 0.3) is 0 Å². The van der Waals surface area contributed by atoms with Crippen molar-refractivity contribution in [2.75, 3.05) is 6.54 Å². The Hall–Kier alpha value is -1.01. The SMILES string of the molecule is C#CCC(N)C(=O)NCC1CCCC(C)C1. The molecule has 1 aliphatic carbocycles. The summed E-state index contributed by atoms with van der Waals surface area (Å²) in [6.45, 7) is 3.03. The summed E-state index contributed by atoms with van der Waals surface area (Å²) >= 11 is 0. The van der Waals surface area contributed by atoms with E-state index in [2.05, 4.69) is 18.2 Å². The van der Waals surface area contributed by atoms with E-state index in [0.29, 0.717) is 12.3 Å². The molecular weight excluding hydrogens is 200 g/mol. The van der Waals surface area contributed by atoms with Crippen LogP contribution in [-0.4, -0.2) is 18.5 Å². The summed E-state index contributed by atoms with van der Waals surface area (Å²) in [4.78, 5) is 11.5. The Labute approximate surface area is 98.2 Å². The minimum Gasteiger partial charge on any atom is -0.354 e. The molecule has 0 radical (unpaired) electrons. The molecule has 1 rings (SSSR count). The zero-order valence-electron chi connectivity index (χ0n) is 10.0. The van der Waals surface area contributed by atoms with Crippen LogP contribution in [0, 0.1) is 24.2 Å². The van der Waals surface area contributed by atoms with Crippen LogP contribution in [0.15, 0.2) is 0 Å². The highest BCUT2D eigenvalue weighted by atomic mass is 16.2. The van der Waals surface area contributed by atoms with Crippen LogP contribution in [0.1, 0.15) is 39.0 Å². The van der Waals surface area contributed by atoms with Crippen LogP contribution in [0.4, 0.5) is 0 Å². The van der Waals surface area contributed by atoms with Gasteiger partial charge in [0, 0.05) is 13.0 Å². The number of nitrogens with one attached hydrogen (secondary N) is 1. The van der Waals surface area contributed by atoms with Gasteiger partial charge in [0.05, 0.1) is 6.04 Å². The predicted molar refractivity (Wildman–Crippen MR) is 65.6 cm³/mol. The summed E-state index contributed by atoms with van der Waals surface area (Å²) < 4.78 is 0. The van der Waals surface area contributed by atoms with E-state index < -0.39 is 6.04 Å². The Morgan fingerprint density at radius 3 is 3.00 bits per heavy atom. The molecule has 1 saturated carbocycles. The number of rotatable bonds is 4. The molecule has 1 amide bonds. The van der Waals surface area contributed by atoms with Gasteiger partial charge in [0.1, 0.15) is 0 Å². The molecule has 3 heteroatoms. The summed E-state index contributed by atoms with van der Waals surface area (Å²) in [5, 5.41) is 2.90. The molecule has 3 atom stereocenters.